The summed E-state index contributed by atoms with van der Waals surface area (Å²) in [4.78, 5) is 4.27. The van der Waals surface area contributed by atoms with Gasteiger partial charge in [0.25, 0.3) is 10.0 Å². The Bertz CT molecular complexity index is 1200. The number of aromatic hydroxyl groups is 1. The highest BCUT2D eigenvalue weighted by molar-refractivity contribution is 7.92. The van der Waals surface area contributed by atoms with E-state index in [1.807, 2.05) is 24.3 Å². The highest BCUT2D eigenvalue weighted by Crippen LogP contribution is 2.33. The van der Waals surface area contributed by atoms with E-state index in [2.05, 4.69) is 9.71 Å². The van der Waals surface area contributed by atoms with Gasteiger partial charge in [-0.1, -0.05) is 54.6 Å². The van der Waals surface area contributed by atoms with Gasteiger partial charge >= 0.3 is 0 Å². The van der Waals surface area contributed by atoms with Gasteiger partial charge in [0.2, 0.25) is 10.9 Å². The normalized spacial score (nSPS) is 11.3. The highest BCUT2D eigenvalue weighted by Gasteiger charge is 2.27. The van der Waals surface area contributed by atoms with Crippen LogP contribution in [0.25, 0.3) is 22.8 Å². The molecule has 0 atom stereocenters. The summed E-state index contributed by atoms with van der Waals surface area (Å²) in [5.74, 6) is 0.302. The number of anilines is 1. The van der Waals surface area contributed by atoms with Gasteiger partial charge in [-0.3, -0.25) is 4.72 Å². The Morgan fingerprint density at radius 2 is 1.46 bits per heavy atom. The number of nitrogens with one attached hydrogen (secondary N) is 1. The molecule has 0 fully saturated rings. The first-order chi connectivity index (χ1) is 13.5. The summed E-state index contributed by atoms with van der Waals surface area (Å²) in [7, 11) is -4.06. The van der Waals surface area contributed by atoms with Crippen molar-refractivity contribution in [2.75, 3.05) is 4.72 Å². The zero-order chi connectivity index (χ0) is 19.6. The molecule has 0 radical (unpaired) electrons. The minimum absolute atomic E-state index is 0.0476. The van der Waals surface area contributed by atoms with E-state index in [0.29, 0.717) is 11.1 Å². The Labute approximate surface area is 162 Å². The standard InChI is InChI=1S/C21H16N2O4S/c24-18-13-7-12-17(14-18)23-28(25,26)21-19(15-8-3-1-4-9-15)27-20(22-21)16-10-5-2-6-11-16/h1-14,23-24H. The molecule has 2 N–H and O–H groups in total. The summed E-state index contributed by atoms with van der Waals surface area (Å²) in [5.41, 5.74) is 1.48. The van der Waals surface area contributed by atoms with Crippen molar-refractivity contribution >= 4 is 15.7 Å². The van der Waals surface area contributed by atoms with Crippen molar-refractivity contribution in [3.8, 4) is 28.5 Å². The SMILES string of the molecule is O=S(=O)(Nc1cccc(O)c1)c1nc(-c2ccccc2)oc1-c1ccccc1. The molecule has 0 saturated carbocycles. The number of sulfonamides is 1. The predicted molar refractivity (Wildman–Crippen MR) is 106 cm³/mol. The molecule has 7 heteroatoms. The predicted octanol–water partition coefficient (Wildman–Crippen LogP) is 4.52. The molecule has 0 aliphatic carbocycles. The van der Waals surface area contributed by atoms with Crippen LogP contribution in [-0.4, -0.2) is 18.5 Å². The number of benzene rings is 3. The molecule has 1 aromatic heterocycles. The highest BCUT2D eigenvalue weighted by atomic mass is 32.2. The van der Waals surface area contributed by atoms with Crippen molar-refractivity contribution in [1.29, 1.82) is 0 Å². The lowest BCUT2D eigenvalue weighted by atomic mass is 10.2. The van der Waals surface area contributed by atoms with Crippen molar-refractivity contribution < 1.29 is 17.9 Å². The summed E-state index contributed by atoms with van der Waals surface area (Å²) < 4.78 is 34.4. The van der Waals surface area contributed by atoms with Gasteiger partial charge in [0, 0.05) is 17.2 Å². The van der Waals surface area contributed by atoms with Gasteiger partial charge in [0.05, 0.1) is 5.69 Å². The lowest BCUT2D eigenvalue weighted by Gasteiger charge is -2.07. The molecule has 0 aliphatic heterocycles. The van der Waals surface area contributed by atoms with E-state index in [4.69, 9.17) is 4.42 Å². The van der Waals surface area contributed by atoms with E-state index < -0.39 is 10.0 Å². The first kappa shape index (κ1) is 17.8. The number of oxazole rings is 1. The number of aromatic nitrogens is 1. The molecule has 1 heterocycles. The number of hydrogen-bond donors (Lipinski definition) is 2. The Morgan fingerprint density at radius 3 is 2.11 bits per heavy atom. The molecule has 4 aromatic rings. The van der Waals surface area contributed by atoms with E-state index in [9.17, 15) is 13.5 Å². The number of hydrogen-bond acceptors (Lipinski definition) is 5. The second kappa shape index (κ2) is 7.21. The van der Waals surface area contributed by atoms with Crippen LogP contribution in [0.15, 0.2) is 94.4 Å². The van der Waals surface area contributed by atoms with Crippen molar-refractivity contribution in [2.45, 2.75) is 5.03 Å². The van der Waals surface area contributed by atoms with E-state index in [0.717, 1.165) is 0 Å². The molecule has 4 rings (SSSR count). The van der Waals surface area contributed by atoms with Gasteiger partial charge in [-0.05, 0) is 24.3 Å². The molecule has 140 valence electrons. The maximum atomic E-state index is 13.0. The van der Waals surface area contributed by atoms with E-state index in [-0.39, 0.29) is 28.1 Å². The maximum absolute atomic E-state index is 13.0. The van der Waals surface area contributed by atoms with Gasteiger partial charge in [0.15, 0.2) is 5.76 Å². The molecule has 0 aliphatic rings. The van der Waals surface area contributed by atoms with Crippen LogP contribution in [0.1, 0.15) is 0 Å². The smallest absolute Gasteiger partial charge is 0.283 e. The molecule has 0 amide bonds. The Balaban J connectivity index is 1.83. The summed E-state index contributed by atoms with van der Waals surface area (Å²) in [5, 5.41) is 9.38. The Kier molecular flexibility index (Phi) is 4.58. The molecule has 0 saturated heterocycles. The van der Waals surface area contributed by atoms with Gasteiger partial charge in [-0.25, -0.2) is 0 Å². The molecular formula is C21H16N2O4S. The summed E-state index contributed by atoms with van der Waals surface area (Å²) in [6.45, 7) is 0. The minimum Gasteiger partial charge on any atom is -0.508 e. The first-order valence-electron chi connectivity index (χ1n) is 8.46. The molecule has 6 nitrogen and oxygen atoms in total. The van der Waals surface area contributed by atoms with Crippen molar-refractivity contribution in [1.82, 2.24) is 4.98 Å². The van der Waals surface area contributed by atoms with E-state index in [1.54, 1.807) is 42.5 Å². The molecule has 0 unspecified atom stereocenters. The fourth-order valence-corrected chi connectivity index (χ4v) is 3.88. The van der Waals surface area contributed by atoms with Gasteiger partial charge < -0.3 is 9.52 Å². The molecule has 3 aromatic carbocycles. The van der Waals surface area contributed by atoms with Crippen molar-refractivity contribution in [2.24, 2.45) is 0 Å². The van der Waals surface area contributed by atoms with Crippen LogP contribution in [0.3, 0.4) is 0 Å². The molecular weight excluding hydrogens is 376 g/mol. The zero-order valence-electron chi connectivity index (χ0n) is 14.6. The minimum atomic E-state index is -4.06. The van der Waals surface area contributed by atoms with Crippen LogP contribution in [0.4, 0.5) is 5.69 Å². The topological polar surface area (TPSA) is 92.4 Å². The largest absolute Gasteiger partial charge is 0.508 e. The quantitative estimate of drug-likeness (QED) is 0.521. The van der Waals surface area contributed by atoms with Crippen LogP contribution in [0, 0.1) is 0 Å². The second-order valence-electron chi connectivity index (χ2n) is 6.04. The fraction of sp³-hybridized carbons (Fsp3) is 0. The third-order valence-electron chi connectivity index (χ3n) is 4.01. The van der Waals surface area contributed by atoms with Crippen molar-refractivity contribution in [3.63, 3.8) is 0 Å². The van der Waals surface area contributed by atoms with Crippen LogP contribution in [0.5, 0.6) is 5.75 Å². The van der Waals surface area contributed by atoms with Gasteiger partial charge in [0.1, 0.15) is 5.75 Å². The van der Waals surface area contributed by atoms with Crippen LogP contribution < -0.4 is 4.72 Å². The lowest BCUT2D eigenvalue weighted by molar-refractivity contribution is 0.475. The number of rotatable bonds is 5. The van der Waals surface area contributed by atoms with Gasteiger partial charge in [-0.15, -0.1) is 0 Å². The summed E-state index contributed by atoms with van der Waals surface area (Å²) in [6.07, 6.45) is 0. The van der Waals surface area contributed by atoms with Gasteiger partial charge in [-0.2, -0.15) is 13.4 Å². The number of phenolic OH excluding ortho intramolecular Hbond substituents is 1. The van der Waals surface area contributed by atoms with E-state index in [1.165, 1.54) is 18.2 Å². The van der Waals surface area contributed by atoms with Crippen LogP contribution in [-0.2, 0) is 10.0 Å². The summed E-state index contributed by atoms with van der Waals surface area (Å²) >= 11 is 0. The molecule has 0 bridgehead atoms. The monoisotopic (exact) mass is 392 g/mol. The van der Waals surface area contributed by atoms with Crippen molar-refractivity contribution in [3.05, 3.63) is 84.9 Å². The van der Waals surface area contributed by atoms with Crippen LogP contribution >= 0.6 is 0 Å². The average molecular weight is 392 g/mol. The van der Waals surface area contributed by atoms with Crippen LogP contribution in [0.2, 0.25) is 0 Å². The average Bonchev–Trinajstić information content (AvgIpc) is 3.16. The molecule has 0 spiro atoms. The number of phenols is 1. The Hall–Kier alpha value is -3.58. The number of nitrogens with zero attached hydrogens (tertiary/aromatic N) is 1. The van der Waals surface area contributed by atoms with E-state index >= 15 is 0 Å². The second-order valence-corrected chi connectivity index (χ2v) is 7.64. The maximum Gasteiger partial charge on any atom is 0.283 e. The Morgan fingerprint density at radius 1 is 0.821 bits per heavy atom. The third-order valence-corrected chi connectivity index (χ3v) is 5.30. The zero-order valence-corrected chi connectivity index (χ0v) is 15.4. The fourth-order valence-electron chi connectivity index (χ4n) is 2.74. The third kappa shape index (κ3) is 3.60. The first-order valence-corrected chi connectivity index (χ1v) is 9.95. The lowest BCUT2D eigenvalue weighted by Crippen LogP contribution is -2.14. The molecule has 28 heavy (non-hydrogen) atoms. The summed E-state index contributed by atoms with van der Waals surface area (Å²) in [6, 6.07) is 23.9.